The molecule has 1 aromatic carbocycles. The van der Waals surface area contributed by atoms with Gasteiger partial charge in [0.1, 0.15) is 0 Å². The fourth-order valence-corrected chi connectivity index (χ4v) is 1.23. The third-order valence-electron chi connectivity index (χ3n) is 2.18. The number of hydrogen-bond donors (Lipinski definition) is 1. The SMILES string of the molecule is CCc1ccccc1NC(=O)C(C)C. The summed E-state index contributed by atoms with van der Waals surface area (Å²) in [4.78, 5) is 11.5. The van der Waals surface area contributed by atoms with Crippen molar-refractivity contribution in [2.24, 2.45) is 5.92 Å². The van der Waals surface area contributed by atoms with E-state index in [9.17, 15) is 4.79 Å². The fourth-order valence-electron chi connectivity index (χ4n) is 1.23. The summed E-state index contributed by atoms with van der Waals surface area (Å²) in [6.07, 6.45) is 0.939. The van der Waals surface area contributed by atoms with Crippen molar-refractivity contribution in [1.29, 1.82) is 0 Å². The van der Waals surface area contributed by atoms with E-state index >= 15 is 0 Å². The molecule has 0 fully saturated rings. The lowest BCUT2D eigenvalue weighted by molar-refractivity contribution is -0.118. The number of amides is 1. The van der Waals surface area contributed by atoms with E-state index in [1.165, 1.54) is 5.56 Å². The van der Waals surface area contributed by atoms with Crippen molar-refractivity contribution in [2.45, 2.75) is 27.2 Å². The monoisotopic (exact) mass is 191 g/mol. The van der Waals surface area contributed by atoms with Crippen molar-refractivity contribution in [3.05, 3.63) is 29.8 Å². The summed E-state index contributed by atoms with van der Waals surface area (Å²) in [5.41, 5.74) is 2.12. The Morgan fingerprint density at radius 2 is 2.00 bits per heavy atom. The smallest absolute Gasteiger partial charge is 0.226 e. The summed E-state index contributed by atoms with van der Waals surface area (Å²) < 4.78 is 0. The average Bonchev–Trinajstić information content (AvgIpc) is 2.18. The Labute approximate surface area is 85.3 Å². The molecule has 2 heteroatoms. The number of para-hydroxylation sites is 1. The second-order valence-electron chi connectivity index (χ2n) is 3.65. The van der Waals surface area contributed by atoms with E-state index in [1.54, 1.807) is 0 Å². The van der Waals surface area contributed by atoms with Crippen LogP contribution in [0, 0.1) is 5.92 Å². The van der Waals surface area contributed by atoms with Crippen LogP contribution in [-0.2, 0) is 11.2 Å². The molecular weight excluding hydrogens is 174 g/mol. The number of aryl methyl sites for hydroxylation is 1. The number of nitrogens with one attached hydrogen (secondary N) is 1. The lowest BCUT2D eigenvalue weighted by Gasteiger charge is -2.11. The standard InChI is InChI=1S/C12H17NO/c1-4-10-7-5-6-8-11(10)13-12(14)9(2)3/h5-9H,4H2,1-3H3,(H,13,14). The highest BCUT2D eigenvalue weighted by Crippen LogP contribution is 2.16. The first-order valence-electron chi connectivity index (χ1n) is 5.04. The summed E-state index contributed by atoms with van der Waals surface area (Å²) in [5, 5.41) is 2.92. The van der Waals surface area contributed by atoms with Gasteiger partial charge >= 0.3 is 0 Å². The molecule has 0 unspecified atom stereocenters. The second kappa shape index (κ2) is 4.80. The van der Waals surface area contributed by atoms with Crippen molar-refractivity contribution in [3.63, 3.8) is 0 Å². The van der Waals surface area contributed by atoms with Gasteiger partial charge in [0.15, 0.2) is 0 Å². The zero-order chi connectivity index (χ0) is 10.6. The predicted molar refractivity (Wildman–Crippen MR) is 59.3 cm³/mol. The van der Waals surface area contributed by atoms with E-state index < -0.39 is 0 Å². The van der Waals surface area contributed by atoms with Gasteiger partial charge in [-0.3, -0.25) is 4.79 Å². The summed E-state index contributed by atoms with van der Waals surface area (Å²) in [6.45, 7) is 5.87. The number of carbonyl (C=O) groups excluding carboxylic acids is 1. The Hall–Kier alpha value is -1.31. The van der Waals surface area contributed by atoms with Crippen LogP contribution in [0.25, 0.3) is 0 Å². The highest BCUT2D eigenvalue weighted by atomic mass is 16.1. The quantitative estimate of drug-likeness (QED) is 0.782. The molecule has 0 aliphatic rings. The second-order valence-corrected chi connectivity index (χ2v) is 3.65. The van der Waals surface area contributed by atoms with Crippen LogP contribution >= 0.6 is 0 Å². The molecule has 0 saturated heterocycles. The summed E-state index contributed by atoms with van der Waals surface area (Å²) in [7, 11) is 0. The highest BCUT2D eigenvalue weighted by Gasteiger charge is 2.08. The zero-order valence-electron chi connectivity index (χ0n) is 9.00. The van der Waals surface area contributed by atoms with Gasteiger partial charge in [0, 0.05) is 11.6 Å². The van der Waals surface area contributed by atoms with Crippen LogP contribution in [0.4, 0.5) is 5.69 Å². The topological polar surface area (TPSA) is 29.1 Å². The van der Waals surface area contributed by atoms with E-state index in [1.807, 2.05) is 38.1 Å². The van der Waals surface area contributed by atoms with Gasteiger partial charge in [0.25, 0.3) is 0 Å². The highest BCUT2D eigenvalue weighted by molar-refractivity contribution is 5.92. The van der Waals surface area contributed by atoms with Crippen LogP contribution in [0.5, 0.6) is 0 Å². The number of anilines is 1. The van der Waals surface area contributed by atoms with Crippen molar-refractivity contribution in [2.75, 3.05) is 5.32 Å². The largest absolute Gasteiger partial charge is 0.326 e. The number of rotatable bonds is 3. The summed E-state index contributed by atoms with van der Waals surface area (Å²) >= 11 is 0. The van der Waals surface area contributed by atoms with Crippen LogP contribution in [0.3, 0.4) is 0 Å². The Kier molecular flexibility index (Phi) is 3.69. The van der Waals surface area contributed by atoms with E-state index in [0.717, 1.165) is 12.1 Å². The molecule has 0 bridgehead atoms. The summed E-state index contributed by atoms with van der Waals surface area (Å²) in [6, 6.07) is 7.91. The van der Waals surface area contributed by atoms with Gasteiger partial charge in [-0.2, -0.15) is 0 Å². The molecule has 0 aromatic heterocycles. The molecule has 0 aliphatic heterocycles. The number of benzene rings is 1. The molecule has 2 nitrogen and oxygen atoms in total. The third-order valence-corrected chi connectivity index (χ3v) is 2.18. The van der Waals surface area contributed by atoms with Crippen molar-refractivity contribution < 1.29 is 4.79 Å². The molecular formula is C12H17NO. The average molecular weight is 191 g/mol. The lowest BCUT2D eigenvalue weighted by Crippen LogP contribution is -2.18. The molecule has 0 spiro atoms. The minimum Gasteiger partial charge on any atom is -0.326 e. The molecule has 76 valence electrons. The van der Waals surface area contributed by atoms with Gasteiger partial charge in [-0.25, -0.2) is 0 Å². The molecule has 1 aromatic rings. The van der Waals surface area contributed by atoms with Crippen LogP contribution in [0.15, 0.2) is 24.3 Å². The molecule has 0 atom stereocenters. The van der Waals surface area contributed by atoms with Crippen molar-refractivity contribution >= 4 is 11.6 Å². The molecule has 0 heterocycles. The maximum Gasteiger partial charge on any atom is 0.226 e. The molecule has 14 heavy (non-hydrogen) atoms. The van der Waals surface area contributed by atoms with Gasteiger partial charge in [-0.05, 0) is 18.1 Å². The number of hydrogen-bond acceptors (Lipinski definition) is 1. The molecule has 1 amide bonds. The first-order chi connectivity index (χ1) is 6.65. The van der Waals surface area contributed by atoms with Gasteiger partial charge < -0.3 is 5.32 Å². The van der Waals surface area contributed by atoms with Crippen LogP contribution in [-0.4, -0.2) is 5.91 Å². The van der Waals surface area contributed by atoms with Crippen LogP contribution in [0.2, 0.25) is 0 Å². The van der Waals surface area contributed by atoms with E-state index in [0.29, 0.717) is 0 Å². The van der Waals surface area contributed by atoms with E-state index in [-0.39, 0.29) is 11.8 Å². The maximum atomic E-state index is 11.5. The minimum atomic E-state index is 0.0277. The molecule has 0 aliphatic carbocycles. The Morgan fingerprint density at radius 3 is 2.57 bits per heavy atom. The Morgan fingerprint density at radius 1 is 1.36 bits per heavy atom. The molecule has 0 saturated carbocycles. The Balaban J connectivity index is 2.80. The Bertz CT molecular complexity index is 318. The normalized spacial score (nSPS) is 10.3. The third kappa shape index (κ3) is 2.59. The summed E-state index contributed by atoms with van der Waals surface area (Å²) in [5.74, 6) is 0.103. The van der Waals surface area contributed by atoms with Gasteiger partial charge in [-0.15, -0.1) is 0 Å². The van der Waals surface area contributed by atoms with E-state index in [4.69, 9.17) is 0 Å². The van der Waals surface area contributed by atoms with Crippen LogP contribution < -0.4 is 5.32 Å². The van der Waals surface area contributed by atoms with Crippen LogP contribution in [0.1, 0.15) is 26.3 Å². The minimum absolute atomic E-state index is 0.0277. The van der Waals surface area contributed by atoms with Gasteiger partial charge in [0.05, 0.1) is 0 Å². The van der Waals surface area contributed by atoms with Crippen molar-refractivity contribution in [1.82, 2.24) is 0 Å². The first-order valence-corrected chi connectivity index (χ1v) is 5.04. The molecule has 1 N–H and O–H groups in total. The first kappa shape index (κ1) is 10.8. The van der Waals surface area contributed by atoms with E-state index in [2.05, 4.69) is 12.2 Å². The lowest BCUT2D eigenvalue weighted by atomic mass is 10.1. The number of carbonyl (C=O) groups is 1. The van der Waals surface area contributed by atoms with Crippen molar-refractivity contribution in [3.8, 4) is 0 Å². The zero-order valence-corrected chi connectivity index (χ0v) is 9.00. The fraction of sp³-hybridized carbons (Fsp3) is 0.417. The van der Waals surface area contributed by atoms with Gasteiger partial charge in [0.2, 0.25) is 5.91 Å². The predicted octanol–water partition coefficient (Wildman–Crippen LogP) is 2.84. The molecule has 1 rings (SSSR count). The molecule has 0 radical (unpaired) electrons. The maximum absolute atomic E-state index is 11.5. The van der Waals surface area contributed by atoms with Gasteiger partial charge in [-0.1, -0.05) is 39.0 Å².